The molecule has 0 saturated carbocycles. The van der Waals surface area contributed by atoms with E-state index in [1.165, 1.54) is 10.9 Å². The summed E-state index contributed by atoms with van der Waals surface area (Å²) in [6, 6.07) is 23.4. The van der Waals surface area contributed by atoms with E-state index in [2.05, 4.69) is 115 Å². The summed E-state index contributed by atoms with van der Waals surface area (Å²) in [5.41, 5.74) is 11.4. The fraction of sp³-hybridized carbons (Fsp3) is 0.148. The Hall–Kier alpha value is -3.35. The maximum atomic E-state index is 5.12. The first-order chi connectivity index (χ1) is 14.4. The fourth-order valence-corrected chi connectivity index (χ4v) is 4.45. The molecule has 0 aliphatic heterocycles. The molecular weight excluding hydrogens is 380 g/mol. The molecular formula is C27H24N2Si. The van der Waals surface area contributed by atoms with E-state index in [9.17, 15) is 0 Å². The van der Waals surface area contributed by atoms with Crippen LogP contribution in [0.4, 0.5) is 0 Å². The van der Waals surface area contributed by atoms with Gasteiger partial charge in [-0.25, -0.2) is 4.98 Å². The van der Waals surface area contributed by atoms with Gasteiger partial charge in [0.15, 0.2) is 0 Å². The van der Waals surface area contributed by atoms with Gasteiger partial charge in [-0.1, -0.05) is 79.7 Å². The van der Waals surface area contributed by atoms with E-state index in [4.69, 9.17) is 4.98 Å². The zero-order chi connectivity index (χ0) is 20.9. The lowest BCUT2D eigenvalue weighted by Crippen LogP contribution is -2.16. The Morgan fingerprint density at radius 2 is 1.60 bits per heavy atom. The van der Waals surface area contributed by atoms with Crippen molar-refractivity contribution in [1.29, 1.82) is 0 Å². The standard InChI is InChI=1S/C27H24N2Si/c1-19-12-14-20(15-13-19)26-27-25(21-9-5-6-10-23(21)28-26)22(16-18-30(2,3)4)24-11-7-8-17-29(24)27/h5-15,17H,1-4H3. The predicted octanol–water partition coefficient (Wildman–Crippen LogP) is 6.85. The third-order valence-electron chi connectivity index (χ3n) is 5.36. The van der Waals surface area contributed by atoms with Crippen LogP contribution in [0, 0.1) is 18.4 Å². The van der Waals surface area contributed by atoms with Crippen molar-refractivity contribution in [2.24, 2.45) is 0 Å². The molecule has 3 aromatic heterocycles. The molecule has 5 aromatic rings. The highest BCUT2D eigenvalue weighted by atomic mass is 28.3. The monoisotopic (exact) mass is 404 g/mol. The first-order valence-corrected chi connectivity index (χ1v) is 13.8. The number of rotatable bonds is 1. The number of para-hydroxylation sites is 1. The number of hydrogen-bond donors (Lipinski definition) is 0. The largest absolute Gasteiger partial charge is 0.313 e. The molecule has 0 spiro atoms. The van der Waals surface area contributed by atoms with Crippen LogP contribution in [-0.2, 0) is 0 Å². The van der Waals surface area contributed by atoms with Crippen LogP contribution in [0.15, 0.2) is 72.9 Å². The summed E-state index contributed by atoms with van der Waals surface area (Å²) in [6.45, 7) is 8.98. The second-order valence-corrected chi connectivity index (χ2v) is 13.6. The van der Waals surface area contributed by atoms with Crippen molar-refractivity contribution in [2.75, 3.05) is 0 Å². The molecule has 0 aliphatic rings. The van der Waals surface area contributed by atoms with Gasteiger partial charge in [-0.3, -0.25) is 0 Å². The third-order valence-corrected chi connectivity index (χ3v) is 6.24. The van der Waals surface area contributed by atoms with Crippen molar-refractivity contribution >= 4 is 35.4 Å². The number of pyridine rings is 2. The van der Waals surface area contributed by atoms with Crippen LogP contribution in [0.3, 0.4) is 0 Å². The van der Waals surface area contributed by atoms with E-state index in [1.54, 1.807) is 0 Å². The smallest absolute Gasteiger partial charge is 0.129 e. The van der Waals surface area contributed by atoms with Crippen molar-refractivity contribution < 1.29 is 0 Å². The third kappa shape index (κ3) is 3.10. The molecule has 3 heterocycles. The number of hydrogen-bond acceptors (Lipinski definition) is 1. The molecule has 0 atom stereocenters. The lowest BCUT2D eigenvalue weighted by molar-refractivity contribution is 1.24. The summed E-state index contributed by atoms with van der Waals surface area (Å²) in [5, 5.41) is 2.36. The lowest BCUT2D eigenvalue weighted by atomic mass is 10.0. The number of benzene rings is 2. The van der Waals surface area contributed by atoms with E-state index in [0.717, 1.165) is 38.8 Å². The molecule has 0 aliphatic carbocycles. The van der Waals surface area contributed by atoms with Gasteiger partial charge < -0.3 is 4.40 Å². The topological polar surface area (TPSA) is 17.3 Å². The van der Waals surface area contributed by atoms with Crippen molar-refractivity contribution in [3.63, 3.8) is 0 Å². The molecule has 3 heteroatoms. The molecule has 0 N–H and O–H groups in total. The Morgan fingerprint density at radius 1 is 0.867 bits per heavy atom. The number of fused-ring (bicyclic) bond motifs is 5. The van der Waals surface area contributed by atoms with Gasteiger partial charge in [0.25, 0.3) is 0 Å². The van der Waals surface area contributed by atoms with Gasteiger partial charge in [-0.2, -0.15) is 0 Å². The summed E-state index contributed by atoms with van der Waals surface area (Å²) < 4.78 is 2.26. The number of nitrogens with zero attached hydrogens (tertiary/aromatic N) is 2. The fourth-order valence-electron chi connectivity index (χ4n) is 3.95. The summed E-state index contributed by atoms with van der Waals surface area (Å²) in [5.74, 6) is 3.59. The van der Waals surface area contributed by atoms with Gasteiger partial charge in [-0.05, 0) is 25.1 Å². The molecule has 146 valence electrons. The Morgan fingerprint density at radius 3 is 2.37 bits per heavy atom. The van der Waals surface area contributed by atoms with Crippen LogP contribution in [0.1, 0.15) is 11.1 Å². The first kappa shape index (κ1) is 18.7. The van der Waals surface area contributed by atoms with Crippen LogP contribution in [-0.4, -0.2) is 17.5 Å². The molecule has 2 nitrogen and oxygen atoms in total. The quantitative estimate of drug-likeness (QED) is 0.221. The van der Waals surface area contributed by atoms with E-state index < -0.39 is 8.07 Å². The normalized spacial score (nSPS) is 11.7. The second-order valence-electron chi connectivity index (χ2n) is 8.90. The van der Waals surface area contributed by atoms with Crippen molar-refractivity contribution in [2.45, 2.75) is 26.6 Å². The summed E-state index contributed by atoms with van der Waals surface area (Å²) >= 11 is 0. The molecule has 5 rings (SSSR count). The first-order valence-electron chi connectivity index (χ1n) is 10.3. The number of aromatic nitrogens is 2. The van der Waals surface area contributed by atoms with Gasteiger partial charge >= 0.3 is 0 Å². The van der Waals surface area contributed by atoms with Gasteiger partial charge in [0.05, 0.1) is 27.8 Å². The van der Waals surface area contributed by atoms with Crippen molar-refractivity contribution in [1.82, 2.24) is 9.38 Å². The Balaban J connectivity index is 2.02. The van der Waals surface area contributed by atoms with Crippen molar-refractivity contribution in [3.8, 4) is 22.7 Å². The highest BCUT2D eigenvalue weighted by Crippen LogP contribution is 2.37. The van der Waals surface area contributed by atoms with Crippen molar-refractivity contribution in [3.05, 3.63) is 84.1 Å². The second kappa shape index (κ2) is 6.86. The zero-order valence-electron chi connectivity index (χ0n) is 17.8. The maximum Gasteiger partial charge on any atom is 0.129 e. The lowest BCUT2D eigenvalue weighted by Gasteiger charge is -2.09. The molecule has 0 saturated heterocycles. The van der Waals surface area contributed by atoms with E-state index >= 15 is 0 Å². The molecule has 0 radical (unpaired) electrons. The molecule has 0 fully saturated rings. The van der Waals surface area contributed by atoms with E-state index in [0.29, 0.717) is 0 Å². The molecule has 30 heavy (non-hydrogen) atoms. The Labute approximate surface area is 178 Å². The number of aryl methyl sites for hydroxylation is 1. The van der Waals surface area contributed by atoms with Crippen LogP contribution >= 0.6 is 0 Å². The predicted molar refractivity (Wildman–Crippen MR) is 131 cm³/mol. The van der Waals surface area contributed by atoms with Crippen LogP contribution in [0.2, 0.25) is 19.6 Å². The minimum absolute atomic E-state index is 1.01. The average Bonchev–Trinajstić information content (AvgIpc) is 3.07. The SMILES string of the molecule is Cc1ccc(-c2nc3ccccc3c3c(C#C[Si](C)(C)C)c4ccccn4c23)cc1. The van der Waals surface area contributed by atoms with Crippen LogP contribution in [0.5, 0.6) is 0 Å². The van der Waals surface area contributed by atoms with E-state index in [-0.39, 0.29) is 0 Å². The minimum Gasteiger partial charge on any atom is -0.313 e. The highest BCUT2D eigenvalue weighted by Gasteiger charge is 2.19. The summed E-state index contributed by atoms with van der Waals surface area (Å²) in [4.78, 5) is 5.12. The van der Waals surface area contributed by atoms with E-state index in [1.807, 2.05) is 0 Å². The Kier molecular flexibility index (Phi) is 4.27. The average molecular weight is 405 g/mol. The Bertz CT molecular complexity index is 1470. The maximum absolute atomic E-state index is 5.12. The van der Waals surface area contributed by atoms with Crippen LogP contribution in [0.25, 0.3) is 38.6 Å². The van der Waals surface area contributed by atoms with Gasteiger partial charge in [0.1, 0.15) is 8.07 Å². The van der Waals surface area contributed by atoms with Gasteiger partial charge in [-0.15, -0.1) is 5.54 Å². The molecule has 2 aromatic carbocycles. The highest BCUT2D eigenvalue weighted by molar-refractivity contribution is 6.83. The minimum atomic E-state index is -1.53. The molecule has 0 bridgehead atoms. The molecule has 0 amide bonds. The zero-order valence-corrected chi connectivity index (χ0v) is 18.8. The molecule has 0 unspecified atom stereocenters. The van der Waals surface area contributed by atoms with Gasteiger partial charge in [0.2, 0.25) is 0 Å². The van der Waals surface area contributed by atoms with Crippen LogP contribution < -0.4 is 0 Å². The summed E-state index contributed by atoms with van der Waals surface area (Å²) in [6.07, 6.45) is 2.13. The van der Waals surface area contributed by atoms with Gasteiger partial charge in [0, 0.05) is 22.5 Å². The summed E-state index contributed by atoms with van der Waals surface area (Å²) in [7, 11) is -1.53.